The highest BCUT2D eigenvalue weighted by atomic mass is 15.2. The van der Waals surface area contributed by atoms with E-state index in [9.17, 15) is 0 Å². The van der Waals surface area contributed by atoms with Gasteiger partial charge in [-0.3, -0.25) is 0 Å². The fraction of sp³-hybridized carbons (Fsp3) is 0.583. The first-order valence-electron chi connectivity index (χ1n) is 6.33. The van der Waals surface area contributed by atoms with Crippen molar-refractivity contribution in [3.63, 3.8) is 0 Å². The average Bonchev–Trinajstić information content (AvgIpc) is 2.81. The Morgan fingerprint density at radius 1 is 1.39 bits per heavy atom. The number of imidazole rings is 1. The first-order chi connectivity index (χ1) is 8.70. The van der Waals surface area contributed by atoms with Gasteiger partial charge in [-0.15, -0.1) is 0 Å². The SMILES string of the molecule is CNc1nc(NCC2(C)CCC2)c2[nH]cnc2n1. The number of nitrogens with zero attached hydrogens (tertiary/aromatic N) is 3. The van der Waals surface area contributed by atoms with Crippen molar-refractivity contribution in [1.29, 1.82) is 0 Å². The molecular formula is C12H18N6. The zero-order valence-electron chi connectivity index (χ0n) is 10.7. The zero-order valence-corrected chi connectivity index (χ0v) is 10.7. The van der Waals surface area contributed by atoms with Crippen LogP contribution < -0.4 is 10.6 Å². The lowest BCUT2D eigenvalue weighted by Gasteiger charge is -2.38. The summed E-state index contributed by atoms with van der Waals surface area (Å²) in [6, 6.07) is 0. The molecule has 0 bridgehead atoms. The number of anilines is 2. The van der Waals surface area contributed by atoms with Gasteiger partial charge in [-0.05, 0) is 18.3 Å². The summed E-state index contributed by atoms with van der Waals surface area (Å²) >= 11 is 0. The average molecular weight is 246 g/mol. The summed E-state index contributed by atoms with van der Waals surface area (Å²) < 4.78 is 0. The van der Waals surface area contributed by atoms with Gasteiger partial charge in [-0.2, -0.15) is 9.97 Å². The van der Waals surface area contributed by atoms with Crippen LogP contribution in [0.25, 0.3) is 11.2 Å². The third-order valence-electron chi connectivity index (χ3n) is 3.75. The molecule has 0 radical (unpaired) electrons. The number of hydrogen-bond acceptors (Lipinski definition) is 5. The molecule has 6 heteroatoms. The lowest BCUT2D eigenvalue weighted by atomic mass is 9.70. The number of H-pyrrole nitrogens is 1. The van der Waals surface area contributed by atoms with Crippen molar-refractivity contribution in [3.05, 3.63) is 6.33 Å². The normalized spacial score (nSPS) is 17.4. The number of hydrogen-bond donors (Lipinski definition) is 3. The van der Waals surface area contributed by atoms with E-state index in [2.05, 4.69) is 37.5 Å². The van der Waals surface area contributed by atoms with E-state index in [1.165, 1.54) is 19.3 Å². The van der Waals surface area contributed by atoms with Crippen molar-refractivity contribution >= 4 is 22.9 Å². The molecule has 1 saturated carbocycles. The van der Waals surface area contributed by atoms with Gasteiger partial charge in [0.25, 0.3) is 0 Å². The smallest absolute Gasteiger partial charge is 0.226 e. The second-order valence-electron chi connectivity index (χ2n) is 5.26. The maximum absolute atomic E-state index is 4.45. The van der Waals surface area contributed by atoms with Gasteiger partial charge in [-0.25, -0.2) is 4.98 Å². The van der Waals surface area contributed by atoms with Crippen LogP contribution in [0.5, 0.6) is 0 Å². The molecule has 3 rings (SSSR count). The standard InChI is InChI=1S/C12H18N6/c1-12(4-3-5-12)6-14-9-8-10(16-7-15-8)18-11(13-2)17-9/h7H,3-6H2,1-2H3,(H3,13,14,15,16,17,18). The second kappa shape index (κ2) is 4.12. The minimum Gasteiger partial charge on any atom is -0.368 e. The molecule has 0 spiro atoms. The van der Waals surface area contributed by atoms with Crippen molar-refractivity contribution in [1.82, 2.24) is 19.9 Å². The van der Waals surface area contributed by atoms with E-state index in [-0.39, 0.29) is 0 Å². The Labute approximate surface area is 106 Å². The molecule has 1 fully saturated rings. The Bertz CT molecular complexity index is 557. The summed E-state index contributed by atoms with van der Waals surface area (Å²) in [7, 11) is 1.81. The molecule has 0 saturated heterocycles. The molecule has 96 valence electrons. The Morgan fingerprint density at radius 2 is 2.22 bits per heavy atom. The highest BCUT2D eigenvalue weighted by Gasteiger charge is 2.31. The third kappa shape index (κ3) is 1.87. The number of fused-ring (bicyclic) bond motifs is 1. The summed E-state index contributed by atoms with van der Waals surface area (Å²) in [5, 5.41) is 6.39. The van der Waals surface area contributed by atoms with Crippen LogP contribution >= 0.6 is 0 Å². The largest absolute Gasteiger partial charge is 0.368 e. The number of rotatable bonds is 4. The molecule has 6 nitrogen and oxygen atoms in total. The first-order valence-corrected chi connectivity index (χ1v) is 6.33. The molecule has 0 unspecified atom stereocenters. The predicted octanol–water partition coefficient (Wildman–Crippen LogP) is 2.00. The van der Waals surface area contributed by atoms with E-state index >= 15 is 0 Å². The molecule has 2 heterocycles. The summed E-state index contributed by atoms with van der Waals surface area (Å²) in [5.74, 6) is 1.42. The summed E-state index contributed by atoms with van der Waals surface area (Å²) in [5.41, 5.74) is 1.98. The van der Waals surface area contributed by atoms with E-state index < -0.39 is 0 Å². The molecule has 2 aromatic heterocycles. The van der Waals surface area contributed by atoms with Gasteiger partial charge in [0.05, 0.1) is 6.33 Å². The molecule has 1 aliphatic rings. The zero-order chi connectivity index (χ0) is 12.6. The quantitative estimate of drug-likeness (QED) is 0.769. The minimum absolute atomic E-state index is 0.414. The van der Waals surface area contributed by atoms with Crippen molar-refractivity contribution in [2.75, 3.05) is 24.2 Å². The van der Waals surface area contributed by atoms with Crippen molar-refractivity contribution in [2.24, 2.45) is 5.41 Å². The monoisotopic (exact) mass is 246 g/mol. The molecule has 0 aromatic carbocycles. The van der Waals surface area contributed by atoms with Crippen LogP contribution in [0.4, 0.5) is 11.8 Å². The van der Waals surface area contributed by atoms with Crippen LogP contribution in [-0.2, 0) is 0 Å². The molecule has 3 N–H and O–H groups in total. The minimum atomic E-state index is 0.414. The third-order valence-corrected chi connectivity index (χ3v) is 3.75. The highest BCUT2D eigenvalue weighted by molar-refractivity contribution is 5.83. The van der Waals surface area contributed by atoms with Gasteiger partial charge in [0.1, 0.15) is 5.52 Å². The Kier molecular flexibility index (Phi) is 2.57. The van der Waals surface area contributed by atoms with Gasteiger partial charge in [0.15, 0.2) is 11.5 Å². The summed E-state index contributed by atoms with van der Waals surface area (Å²) in [4.78, 5) is 16.0. The molecule has 2 aromatic rings. The summed E-state index contributed by atoms with van der Waals surface area (Å²) in [6.07, 6.45) is 5.56. The first kappa shape index (κ1) is 11.3. The Morgan fingerprint density at radius 3 is 2.89 bits per heavy atom. The molecule has 1 aliphatic carbocycles. The molecule has 18 heavy (non-hydrogen) atoms. The van der Waals surface area contributed by atoms with Gasteiger partial charge in [0.2, 0.25) is 5.95 Å². The molecule has 0 atom stereocenters. The maximum Gasteiger partial charge on any atom is 0.226 e. The van der Waals surface area contributed by atoms with Crippen molar-refractivity contribution in [2.45, 2.75) is 26.2 Å². The van der Waals surface area contributed by atoms with Crippen LogP contribution in [-0.4, -0.2) is 33.5 Å². The Hall–Kier alpha value is -1.85. The molecule has 0 amide bonds. The van der Waals surface area contributed by atoms with E-state index in [4.69, 9.17) is 0 Å². The van der Waals surface area contributed by atoms with Crippen LogP contribution in [0.3, 0.4) is 0 Å². The number of aromatic nitrogens is 4. The topological polar surface area (TPSA) is 78.5 Å². The summed E-state index contributed by atoms with van der Waals surface area (Å²) in [6.45, 7) is 3.26. The van der Waals surface area contributed by atoms with Crippen LogP contribution in [0.15, 0.2) is 6.33 Å². The highest BCUT2D eigenvalue weighted by Crippen LogP contribution is 2.40. The lowest BCUT2D eigenvalue weighted by Crippen LogP contribution is -2.33. The van der Waals surface area contributed by atoms with E-state index in [0.717, 1.165) is 17.9 Å². The second-order valence-corrected chi connectivity index (χ2v) is 5.26. The molecule has 0 aliphatic heterocycles. The number of nitrogens with one attached hydrogen (secondary N) is 3. The Balaban J connectivity index is 1.87. The van der Waals surface area contributed by atoms with Crippen LogP contribution in [0.1, 0.15) is 26.2 Å². The van der Waals surface area contributed by atoms with Crippen LogP contribution in [0, 0.1) is 5.41 Å². The maximum atomic E-state index is 4.45. The van der Waals surface area contributed by atoms with Gasteiger partial charge in [0, 0.05) is 13.6 Å². The lowest BCUT2D eigenvalue weighted by molar-refractivity contribution is 0.180. The fourth-order valence-corrected chi connectivity index (χ4v) is 2.33. The van der Waals surface area contributed by atoms with E-state index in [0.29, 0.717) is 17.0 Å². The predicted molar refractivity (Wildman–Crippen MR) is 71.7 cm³/mol. The number of aromatic amines is 1. The van der Waals surface area contributed by atoms with Gasteiger partial charge in [-0.1, -0.05) is 13.3 Å². The van der Waals surface area contributed by atoms with E-state index in [1.54, 1.807) is 6.33 Å². The van der Waals surface area contributed by atoms with Gasteiger partial charge >= 0.3 is 0 Å². The van der Waals surface area contributed by atoms with Crippen molar-refractivity contribution in [3.8, 4) is 0 Å². The van der Waals surface area contributed by atoms with Gasteiger partial charge < -0.3 is 15.6 Å². The fourth-order valence-electron chi connectivity index (χ4n) is 2.33. The van der Waals surface area contributed by atoms with E-state index in [1.807, 2.05) is 7.05 Å². The van der Waals surface area contributed by atoms with Crippen LogP contribution in [0.2, 0.25) is 0 Å². The van der Waals surface area contributed by atoms with Crippen molar-refractivity contribution < 1.29 is 0 Å². The molecular weight excluding hydrogens is 228 g/mol.